The number of alkyl carbamates (subject to hydrolysis) is 1. The van der Waals surface area contributed by atoms with Crippen molar-refractivity contribution in [2.45, 2.75) is 84.2 Å². The summed E-state index contributed by atoms with van der Waals surface area (Å²) < 4.78 is 17.5. The second-order valence-electron chi connectivity index (χ2n) is 8.95. The van der Waals surface area contributed by atoms with Crippen LogP contribution in [0.4, 0.5) is 4.79 Å². The molecule has 0 saturated heterocycles. The molecule has 1 aliphatic heterocycles. The number of hydrogen-bond donors (Lipinski definition) is 2. The number of hydrogen-bond acceptors (Lipinski definition) is 6. The first kappa shape index (κ1) is 24.0. The number of amides is 1. The summed E-state index contributed by atoms with van der Waals surface area (Å²) in [5.74, 6) is 0.494. The van der Waals surface area contributed by atoms with Crippen molar-refractivity contribution in [3.8, 4) is 11.5 Å². The van der Waals surface area contributed by atoms with Crippen molar-refractivity contribution in [3.63, 3.8) is 0 Å². The third-order valence-electron chi connectivity index (χ3n) is 5.03. The van der Waals surface area contributed by atoms with Crippen molar-refractivity contribution in [2.24, 2.45) is 0 Å². The Morgan fingerprint density at radius 3 is 2.50 bits per heavy atom. The molecule has 1 aromatic carbocycles. The highest BCUT2D eigenvalue weighted by Crippen LogP contribution is 2.42. The van der Waals surface area contributed by atoms with E-state index in [9.17, 15) is 9.59 Å². The molecule has 0 saturated carbocycles. The number of carbonyl (C=O) groups is 2. The molecule has 1 amide bonds. The fraction of sp³-hybridized carbons (Fsp3) is 0.652. The lowest BCUT2D eigenvalue weighted by molar-refractivity contribution is -0.0699. The van der Waals surface area contributed by atoms with Crippen LogP contribution >= 0.6 is 0 Å². The van der Waals surface area contributed by atoms with Crippen LogP contribution < -0.4 is 20.1 Å². The molecule has 7 heteroatoms. The van der Waals surface area contributed by atoms with E-state index in [1.54, 1.807) is 6.07 Å². The van der Waals surface area contributed by atoms with Gasteiger partial charge in [0, 0.05) is 24.9 Å². The molecule has 1 heterocycles. The molecule has 0 radical (unpaired) electrons. The smallest absolute Gasteiger partial charge is 0.407 e. The first-order valence-corrected chi connectivity index (χ1v) is 10.7. The molecule has 0 bridgehead atoms. The molecule has 0 fully saturated rings. The standard InChI is InChI=1S/C23H36N2O5/c1-7-18(25-21(27)30-22(2,3)4)9-8-11-23(5)28-19-13-16(10-12-24-6)17(15-26)14-20(19)29-23/h13-15,18,24H,7-12H2,1-6H3,(H,25,27). The lowest BCUT2D eigenvalue weighted by Gasteiger charge is -2.25. The van der Waals surface area contributed by atoms with Gasteiger partial charge in [-0.25, -0.2) is 4.79 Å². The van der Waals surface area contributed by atoms with Crippen LogP contribution in [0.25, 0.3) is 0 Å². The van der Waals surface area contributed by atoms with E-state index < -0.39 is 17.5 Å². The van der Waals surface area contributed by atoms with Gasteiger partial charge in [-0.2, -0.15) is 0 Å². The Morgan fingerprint density at radius 2 is 1.93 bits per heavy atom. The maximum absolute atomic E-state index is 12.0. The number of fused-ring (bicyclic) bond motifs is 1. The van der Waals surface area contributed by atoms with Crippen molar-refractivity contribution < 1.29 is 23.8 Å². The van der Waals surface area contributed by atoms with Crippen LogP contribution in [0, 0.1) is 0 Å². The van der Waals surface area contributed by atoms with Gasteiger partial charge in [0.1, 0.15) is 11.9 Å². The highest BCUT2D eigenvalue weighted by molar-refractivity contribution is 5.79. The molecular formula is C23H36N2O5. The summed E-state index contributed by atoms with van der Waals surface area (Å²) >= 11 is 0. The molecule has 2 unspecified atom stereocenters. The Bertz CT molecular complexity index is 744. The SMILES string of the molecule is CCC(CCCC1(C)Oc2cc(C=O)c(CCNC)cc2O1)NC(=O)OC(C)(C)C. The van der Waals surface area contributed by atoms with Gasteiger partial charge >= 0.3 is 6.09 Å². The number of rotatable bonds is 10. The highest BCUT2D eigenvalue weighted by Gasteiger charge is 2.37. The summed E-state index contributed by atoms with van der Waals surface area (Å²) in [5.41, 5.74) is 1.06. The monoisotopic (exact) mass is 420 g/mol. The zero-order valence-electron chi connectivity index (χ0n) is 19.1. The summed E-state index contributed by atoms with van der Waals surface area (Å²) in [6.07, 6.45) is 4.29. The molecule has 2 atom stereocenters. The zero-order chi connectivity index (χ0) is 22.4. The van der Waals surface area contributed by atoms with E-state index in [1.165, 1.54) is 0 Å². The van der Waals surface area contributed by atoms with E-state index in [0.717, 1.165) is 44.1 Å². The van der Waals surface area contributed by atoms with Gasteiger partial charge in [0.2, 0.25) is 5.79 Å². The number of aldehydes is 1. The largest absolute Gasteiger partial charge is 0.449 e. The average Bonchev–Trinajstić information content (AvgIpc) is 2.98. The van der Waals surface area contributed by atoms with E-state index in [2.05, 4.69) is 10.6 Å². The summed E-state index contributed by atoms with van der Waals surface area (Å²) in [7, 11) is 1.88. The first-order valence-electron chi connectivity index (χ1n) is 10.7. The average molecular weight is 421 g/mol. The Hall–Kier alpha value is -2.28. The molecule has 30 heavy (non-hydrogen) atoms. The molecule has 0 spiro atoms. The van der Waals surface area contributed by atoms with Crippen molar-refractivity contribution >= 4 is 12.4 Å². The molecule has 0 aromatic heterocycles. The van der Waals surface area contributed by atoms with Gasteiger partial charge in [-0.15, -0.1) is 0 Å². The molecule has 1 aliphatic rings. The lowest BCUT2D eigenvalue weighted by atomic mass is 10.0. The summed E-state index contributed by atoms with van der Waals surface area (Å²) in [6, 6.07) is 3.69. The van der Waals surface area contributed by atoms with Gasteiger partial charge in [0.25, 0.3) is 0 Å². The summed E-state index contributed by atoms with van der Waals surface area (Å²) in [6.45, 7) is 10.3. The normalized spacial score (nSPS) is 18.7. The fourth-order valence-electron chi connectivity index (χ4n) is 3.47. The third kappa shape index (κ3) is 6.90. The Balaban J connectivity index is 1.92. The van der Waals surface area contributed by atoms with E-state index >= 15 is 0 Å². The topological polar surface area (TPSA) is 85.9 Å². The van der Waals surface area contributed by atoms with Gasteiger partial charge < -0.3 is 24.8 Å². The third-order valence-corrected chi connectivity index (χ3v) is 5.03. The van der Waals surface area contributed by atoms with E-state index in [-0.39, 0.29) is 6.04 Å². The van der Waals surface area contributed by atoms with Gasteiger partial charge in [0.15, 0.2) is 11.5 Å². The minimum Gasteiger partial charge on any atom is -0.449 e. The lowest BCUT2D eigenvalue weighted by Crippen LogP contribution is -2.39. The van der Waals surface area contributed by atoms with E-state index in [4.69, 9.17) is 14.2 Å². The maximum Gasteiger partial charge on any atom is 0.407 e. The number of carbonyl (C=O) groups excluding carboxylic acids is 2. The van der Waals surface area contributed by atoms with Gasteiger partial charge in [-0.3, -0.25) is 4.79 Å². The summed E-state index contributed by atoms with van der Waals surface area (Å²) in [5, 5.41) is 6.03. The number of nitrogens with one attached hydrogen (secondary N) is 2. The first-order chi connectivity index (χ1) is 14.1. The highest BCUT2D eigenvalue weighted by atomic mass is 16.7. The van der Waals surface area contributed by atoms with Crippen LogP contribution in [0.15, 0.2) is 12.1 Å². The van der Waals surface area contributed by atoms with Crippen molar-refractivity contribution in [1.82, 2.24) is 10.6 Å². The zero-order valence-corrected chi connectivity index (χ0v) is 19.1. The van der Waals surface area contributed by atoms with Gasteiger partial charge in [0.05, 0.1) is 0 Å². The molecule has 0 aliphatic carbocycles. The number of ether oxygens (including phenoxy) is 3. The second kappa shape index (κ2) is 10.2. The Kier molecular flexibility index (Phi) is 8.12. The van der Waals surface area contributed by atoms with Crippen LogP contribution in [-0.2, 0) is 11.2 Å². The van der Waals surface area contributed by atoms with Crippen molar-refractivity contribution in [2.75, 3.05) is 13.6 Å². The van der Waals surface area contributed by atoms with Crippen LogP contribution in [0.5, 0.6) is 11.5 Å². The Morgan fingerprint density at radius 1 is 1.27 bits per heavy atom. The number of benzene rings is 1. The Labute approximate surface area is 179 Å². The number of likely N-dealkylation sites (N-methyl/N-ethyl adjacent to an activating group) is 1. The summed E-state index contributed by atoms with van der Waals surface area (Å²) in [4.78, 5) is 23.5. The molecule has 1 aromatic rings. The molecule has 2 N–H and O–H groups in total. The molecule has 2 rings (SSSR count). The van der Waals surface area contributed by atoms with Crippen molar-refractivity contribution in [3.05, 3.63) is 23.3 Å². The fourth-order valence-corrected chi connectivity index (χ4v) is 3.47. The van der Waals surface area contributed by atoms with Crippen LogP contribution in [0.1, 0.15) is 76.2 Å². The van der Waals surface area contributed by atoms with E-state index in [0.29, 0.717) is 23.5 Å². The predicted octanol–water partition coefficient (Wildman–Crippen LogP) is 4.22. The predicted molar refractivity (Wildman–Crippen MR) is 116 cm³/mol. The maximum atomic E-state index is 12.0. The van der Waals surface area contributed by atoms with E-state index in [1.807, 2.05) is 47.7 Å². The minimum absolute atomic E-state index is 0.0297. The van der Waals surface area contributed by atoms with Gasteiger partial charge in [-0.1, -0.05) is 6.92 Å². The van der Waals surface area contributed by atoms with Crippen molar-refractivity contribution in [1.29, 1.82) is 0 Å². The quantitative estimate of drug-likeness (QED) is 0.551. The second-order valence-corrected chi connectivity index (χ2v) is 8.95. The molecule has 7 nitrogen and oxygen atoms in total. The van der Waals surface area contributed by atoms with Crippen LogP contribution in [0.3, 0.4) is 0 Å². The molecular weight excluding hydrogens is 384 g/mol. The molecule has 168 valence electrons. The van der Waals surface area contributed by atoms with Crippen LogP contribution in [-0.4, -0.2) is 43.4 Å². The van der Waals surface area contributed by atoms with Crippen LogP contribution in [0.2, 0.25) is 0 Å². The minimum atomic E-state index is -0.783. The van der Waals surface area contributed by atoms with Gasteiger partial charge in [-0.05, 0) is 77.7 Å².